The Kier molecular flexibility index (Phi) is 16.9. The van der Waals surface area contributed by atoms with Crippen LogP contribution < -0.4 is 9.74 Å². The highest BCUT2D eigenvalue weighted by molar-refractivity contribution is 7.86. The molecule has 5 N–H and O–H groups in total. The first-order chi connectivity index (χ1) is 30.9. The number of hydrogen-bond acceptors (Lipinski definition) is 14. The normalized spacial score (nSPS) is 19.6. The number of carbonyl (C=O) groups excluding carboxylic acids is 1. The molecule has 2 unspecified atom stereocenters. The molecule has 3 heterocycles. The van der Waals surface area contributed by atoms with Crippen LogP contribution in [0.5, 0.6) is 11.8 Å². The van der Waals surface area contributed by atoms with Gasteiger partial charge in [0.15, 0.2) is 5.71 Å². The van der Waals surface area contributed by atoms with E-state index < -0.39 is 64.7 Å². The van der Waals surface area contributed by atoms with E-state index in [1.807, 2.05) is 61.5 Å². The molecule has 2 aliphatic rings. The van der Waals surface area contributed by atoms with Crippen LogP contribution >= 0.6 is 0 Å². The largest absolute Gasteiger partial charge is 0.492 e. The van der Waals surface area contributed by atoms with Gasteiger partial charge < -0.3 is 34.2 Å². The predicted octanol–water partition coefficient (Wildman–Crippen LogP) is 5.11. The third-order valence-electron chi connectivity index (χ3n) is 11.7. The summed E-state index contributed by atoms with van der Waals surface area (Å²) in [4.78, 5) is 19.4. The maximum absolute atomic E-state index is 12.9. The number of methoxy groups -OCH3 is 1. The highest BCUT2D eigenvalue weighted by Crippen LogP contribution is 2.51. The summed E-state index contributed by atoms with van der Waals surface area (Å²) in [5.41, 5.74) is 2.60. The van der Waals surface area contributed by atoms with Crippen molar-refractivity contribution in [2.45, 2.75) is 80.4 Å². The summed E-state index contributed by atoms with van der Waals surface area (Å²) in [6, 6.07) is 10.9. The number of aromatic nitrogens is 1. The van der Waals surface area contributed by atoms with Crippen molar-refractivity contribution < 1.29 is 77.5 Å². The van der Waals surface area contributed by atoms with E-state index >= 15 is 0 Å². The molecule has 5 rings (SSSR count). The van der Waals surface area contributed by atoms with Gasteiger partial charge in [0.2, 0.25) is 17.4 Å². The van der Waals surface area contributed by atoms with E-state index in [1.54, 1.807) is 19.2 Å². The first-order valence-electron chi connectivity index (χ1n) is 21.1. The van der Waals surface area contributed by atoms with E-state index in [9.17, 15) is 53.9 Å². The summed E-state index contributed by atoms with van der Waals surface area (Å²) in [7, 11) is -12.0. The van der Waals surface area contributed by atoms with Crippen LogP contribution in [0.4, 0.5) is 11.4 Å². The number of ether oxygens (including phenoxy) is 3. The molecule has 0 amide bonds. The van der Waals surface area contributed by atoms with Gasteiger partial charge in [-0.05, 0) is 88.9 Å². The lowest BCUT2D eigenvalue weighted by Crippen LogP contribution is -2.33. The van der Waals surface area contributed by atoms with Gasteiger partial charge in [-0.25, -0.2) is 4.79 Å². The van der Waals surface area contributed by atoms with Crippen molar-refractivity contribution in [2.75, 3.05) is 63.9 Å². The number of nitrogens with zero attached hydrogens (tertiary/aromatic N) is 3. The minimum atomic E-state index is -4.62. The minimum Gasteiger partial charge on any atom is -0.492 e. The Morgan fingerprint density at radius 1 is 0.788 bits per heavy atom. The van der Waals surface area contributed by atoms with Gasteiger partial charge in [-0.3, -0.25) is 13.7 Å². The van der Waals surface area contributed by atoms with Crippen LogP contribution in [0.3, 0.4) is 0 Å². The Balaban J connectivity index is 1.55. The number of likely N-dealkylation sites (N-methyl/N-ethyl adjacent to an activating group) is 1. The zero-order valence-corrected chi connectivity index (χ0v) is 39.9. The Morgan fingerprint density at radius 3 is 2.00 bits per heavy atom. The number of benzene rings is 2. The lowest BCUT2D eigenvalue weighted by atomic mass is 9.76. The average Bonchev–Trinajstić information content (AvgIpc) is 3.77. The van der Waals surface area contributed by atoms with Crippen LogP contribution in [0, 0.1) is 0 Å². The molecule has 0 radical (unpaired) electrons. The SMILES string of the molecule is CCN1\C(=C/C=C(C)\C=C\C2=[N+](CCCC(=O)On3c(O)ccc3O)c3ccc(S(=O)(=O)O)cc3C2(C)CCOCCOCCOC)C(C)(CCCS(=O)(=O)O)c2cc(S(=O)(=O)O)ccc21. The number of aromatic hydroxyl groups is 2. The van der Waals surface area contributed by atoms with Gasteiger partial charge >= 0.3 is 5.97 Å². The first-order valence-corrected chi connectivity index (χ1v) is 25.6. The van der Waals surface area contributed by atoms with Crippen LogP contribution in [0.15, 0.2) is 93.9 Å². The van der Waals surface area contributed by atoms with Crippen LogP contribution in [-0.4, -0.2) is 129 Å². The van der Waals surface area contributed by atoms with E-state index in [-0.39, 0.29) is 55.2 Å². The lowest BCUT2D eigenvalue weighted by molar-refractivity contribution is -0.438. The smallest absolute Gasteiger partial charge is 0.333 e. The maximum Gasteiger partial charge on any atom is 0.333 e. The molecule has 66 heavy (non-hydrogen) atoms. The number of hydrogen-bond donors (Lipinski definition) is 5. The third-order valence-corrected chi connectivity index (χ3v) is 14.2. The van der Waals surface area contributed by atoms with Gasteiger partial charge in [-0.1, -0.05) is 17.7 Å². The van der Waals surface area contributed by atoms with E-state index in [0.717, 1.165) is 17.7 Å². The predicted molar refractivity (Wildman–Crippen MR) is 243 cm³/mol. The lowest BCUT2D eigenvalue weighted by Gasteiger charge is -2.30. The van der Waals surface area contributed by atoms with Gasteiger partial charge in [0.05, 0.1) is 53.8 Å². The number of carbonyl (C=O) groups is 1. The molecule has 0 saturated carbocycles. The second-order valence-electron chi connectivity index (χ2n) is 16.3. The zero-order valence-electron chi connectivity index (χ0n) is 37.4. The fourth-order valence-electron chi connectivity index (χ4n) is 8.34. The summed E-state index contributed by atoms with van der Waals surface area (Å²) in [6.07, 6.45) is 8.01. The van der Waals surface area contributed by atoms with E-state index in [2.05, 4.69) is 0 Å². The number of allylic oxidation sites excluding steroid dienone is 6. The van der Waals surface area contributed by atoms with Crippen molar-refractivity contribution in [3.63, 3.8) is 0 Å². The Morgan fingerprint density at radius 2 is 1.39 bits per heavy atom. The van der Waals surface area contributed by atoms with Crippen molar-refractivity contribution >= 4 is 53.4 Å². The molecule has 2 aliphatic heterocycles. The van der Waals surface area contributed by atoms with Gasteiger partial charge in [0.25, 0.3) is 30.4 Å². The van der Waals surface area contributed by atoms with E-state index in [1.165, 1.54) is 24.3 Å². The Hall–Kier alpha value is -4.91. The van der Waals surface area contributed by atoms with Crippen molar-refractivity contribution in [1.29, 1.82) is 0 Å². The second-order valence-corrected chi connectivity index (χ2v) is 20.7. The van der Waals surface area contributed by atoms with Crippen molar-refractivity contribution in [2.24, 2.45) is 0 Å². The summed E-state index contributed by atoms with van der Waals surface area (Å²) in [5, 5.41) is 19.9. The second kappa shape index (κ2) is 21.4. The molecule has 0 saturated heterocycles. The summed E-state index contributed by atoms with van der Waals surface area (Å²) in [5.74, 6) is -2.23. The summed E-state index contributed by atoms with van der Waals surface area (Å²) < 4.78 is 121. The molecule has 0 aliphatic carbocycles. The Labute approximate surface area is 385 Å². The molecule has 0 bridgehead atoms. The minimum absolute atomic E-state index is 0.0362. The van der Waals surface area contributed by atoms with Gasteiger partial charge in [0.1, 0.15) is 6.54 Å². The molecular formula is C44H58N3O16S3+. The summed E-state index contributed by atoms with van der Waals surface area (Å²) >= 11 is 0. The van der Waals surface area contributed by atoms with Crippen LogP contribution in [0.1, 0.15) is 70.9 Å². The molecule has 362 valence electrons. The monoisotopic (exact) mass is 980 g/mol. The van der Waals surface area contributed by atoms with Crippen molar-refractivity contribution in [3.8, 4) is 11.8 Å². The molecule has 2 atom stereocenters. The highest BCUT2D eigenvalue weighted by atomic mass is 32.2. The number of anilines is 1. The average molecular weight is 981 g/mol. The molecule has 2 aromatic carbocycles. The third kappa shape index (κ3) is 12.3. The molecule has 19 nitrogen and oxygen atoms in total. The summed E-state index contributed by atoms with van der Waals surface area (Å²) in [6.45, 7) is 9.75. The molecule has 1 aromatic heterocycles. The number of rotatable bonds is 24. The standard InChI is InChI=1S/C44H57N3O16S3/c1-6-45-36-14-12-32(65(54,55)56)29-34(36)43(3,20-8-28-64(51,52)53)38(45)16-10-31(2)11-17-39-44(4,21-23-61-26-27-62-25-24-60-5)35-30-33(66(57,58)59)13-15-37(35)46(39)22-7-9-42(50)63-47-40(48)18-19-41(47)49/h10-19,29-30H,6-9,20-28H2,1-5H3,(H4-,48,49,51,52,53,54,55,56,57,58,59)/p+1. The van der Waals surface area contributed by atoms with Gasteiger partial charge in [0, 0.05) is 73.3 Å². The first kappa shape index (κ1) is 52.1. The van der Waals surface area contributed by atoms with E-state index in [4.69, 9.17) is 19.0 Å². The number of fused-ring (bicyclic) bond motifs is 2. The molecule has 3 aromatic rings. The van der Waals surface area contributed by atoms with Gasteiger partial charge in [-0.2, -0.15) is 29.8 Å². The quantitative estimate of drug-likeness (QED) is 0.0338. The van der Waals surface area contributed by atoms with Crippen LogP contribution in [-0.2, 0) is 60.2 Å². The van der Waals surface area contributed by atoms with Crippen LogP contribution in [0.2, 0.25) is 0 Å². The fourth-order valence-corrected chi connectivity index (χ4v) is 9.86. The van der Waals surface area contributed by atoms with Crippen molar-refractivity contribution in [1.82, 2.24) is 4.73 Å². The molecule has 22 heteroatoms. The topological polar surface area (TPSA) is 269 Å². The van der Waals surface area contributed by atoms with Crippen molar-refractivity contribution in [3.05, 3.63) is 95.2 Å². The molecular weight excluding hydrogens is 923 g/mol. The fraction of sp³-hybridized carbons (Fsp3) is 0.455. The highest BCUT2D eigenvalue weighted by Gasteiger charge is 2.48. The molecule has 0 fully saturated rings. The molecule has 0 spiro atoms. The zero-order chi connectivity index (χ0) is 48.7. The maximum atomic E-state index is 12.9. The van der Waals surface area contributed by atoms with Crippen LogP contribution in [0.25, 0.3) is 0 Å². The van der Waals surface area contributed by atoms with E-state index in [0.29, 0.717) is 71.4 Å². The van der Waals surface area contributed by atoms with Gasteiger partial charge in [-0.15, -0.1) is 4.73 Å². The Bertz CT molecular complexity index is 2720.